The van der Waals surface area contributed by atoms with Gasteiger partial charge in [-0.1, -0.05) is 54.6 Å². The summed E-state index contributed by atoms with van der Waals surface area (Å²) in [4.78, 5) is 38.9. The van der Waals surface area contributed by atoms with Crippen molar-refractivity contribution in [2.45, 2.75) is 30.7 Å². The van der Waals surface area contributed by atoms with E-state index in [1.807, 2.05) is 0 Å². The van der Waals surface area contributed by atoms with Crippen LogP contribution in [0.3, 0.4) is 0 Å². The second kappa shape index (κ2) is 12.3. The smallest absolute Gasteiger partial charge is 0.338 e. The molecule has 9 nitrogen and oxygen atoms in total. The Kier molecular flexibility index (Phi) is 8.63. The molecular weight excluding hydrogens is 480 g/mol. The first kappa shape index (κ1) is 26.0. The van der Waals surface area contributed by atoms with Gasteiger partial charge < -0.3 is 28.8 Å². The van der Waals surface area contributed by atoms with Crippen LogP contribution in [-0.4, -0.2) is 67.4 Å². The third-order valence-electron chi connectivity index (χ3n) is 5.76. The molecule has 1 saturated heterocycles. The lowest BCUT2D eigenvalue weighted by atomic mass is 9.97. The van der Waals surface area contributed by atoms with Crippen LogP contribution in [0.5, 0.6) is 0 Å². The predicted octanol–water partition coefficient (Wildman–Crippen LogP) is 3.03. The number of carbonyl (C=O) groups is 3. The summed E-state index contributed by atoms with van der Waals surface area (Å²) in [6.07, 6.45) is -6.40. The van der Waals surface area contributed by atoms with Gasteiger partial charge in [0, 0.05) is 7.11 Å². The average molecular weight is 507 g/mol. The summed E-state index contributed by atoms with van der Waals surface area (Å²) in [5.41, 5.74) is 0.705. The Morgan fingerprint density at radius 1 is 0.649 bits per heavy atom. The molecule has 37 heavy (non-hydrogen) atoms. The first-order valence-corrected chi connectivity index (χ1v) is 11.6. The van der Waals surface area contributed by atoms with Gasteiger partial charge in [0.25, 0.3) is 0 Å². The van der Waals surface area contributed by atoms with Gasteiger partial charge in [-0.2, -0.15) is 0 Å². The normalized spacial score (nSPS) is 23.0. The highest BCUT2D eigenvalue weighted by Crippen LogP contribution is 2.30. The van der Waals surface area contributed by atoms with Crippen molar-refractivity contribution >= 4 is 17.9 Å². The van der Waals surface area contributed by atoms with Gasteiger partial charge in [0.1, 0.15) is 6.10 Å². The molecule has 4 rings (SSSR count). The highest BCUT2D eigenvalue weighted by molar-refractivity contribution is 5.91. The monoisotopic (exact) mass is 506 g/mol. The van der Waals surface area contributed by atoms with E-state index in [1.54, 1.807) is 91.0 Å². The summed E-state index contributed by atoms with van der Waals surface area (Å²) < 4.78 is 28.3. The standard InChI is InChI=1S/C28H26O9/c1-33-28-24(37-27(32)20-15-9-4-10-16-20)23(36-26(31)19-13-7-3-8-14-19)22(21(17-29)34-28)35-25(30)18-11-5-2-6-12-18/h2-16,21-24,28-29H,17H2,1H3/t21?,22-,23+,24?,28+/m1/s1. The van der Waals surface area contributed by atoms with Crippen molar-refractivity contribution in [3.63, 3.8) is 0 Å². The van der Waals surface area contributed by atoms with Crippen molar-refractivity contribution in [2.75, 3.05) is 13.7 Å². The summed E-state index contributed by atoms with van der Waals surface area (Å²) in [5, 5.41) is 10.1. The molecule has 9 heteroatoms. The van der Waals surface area contributed by atoms with Crippen LogP contribution in [0.25, 0.3) is 0 Å². The Hall–Kier alpha value is -4.05. The van der Waals surface area contributed by atoms with Crippen molar-refractivity contribution in [3.05, 3.63) is 108 Å². The first-order valence-electron chi connectivity index (χ1n) is 11.6. The molecule has 0 aliphatic carbocycles. The van der Waals surface area contributed by atoms with Crippen LogP contribution in [0.4, 0.5) is 0 Å². The summed E-state index contributed by atoms with van der Waals surface area (Å²) in [5.74, 6) is -2.22. The molecule has 1 heterocycles. The molecule has 0 amide bonds. The Bertz CT molecular complexity index is 1120. The predicted molar refractivity (Wildman–Crippen MR) is 130 cm³/mol. The minimum Gasteiger partial charge on any atom is -0.452 e. The molecular formula is C28H26O9. The number of methoxy groups -OCH3 is 1. The maximum Gasteiger partial charge on any atom is 0.338 e. The number of rotatable bonds is 8. The Morgan fingerprint density at radius 2 is 1.03 bits per heavy atom. The zero-order chi connectivity index (χ0) is 26.2. The molecule has 1 aliphatic heterocycles. The van der Waals surface area contributed by atoms with Gasteiger partial charge in [-0.25, -0.2) is 14.4 Å². The number of carbonyl (C=O) groups excluding carboxylic acids is 3. The van der Waals surface area contributed by atoms with E-state index in [0.717, 1.165) is 0 Å². The largest absolute Gasteiger partial charge is 0.452 e. The number of hydrogen-bond acceptors (Lipinski definition) is 9. The molecule has 2 unspecified atom stereocenters. The number of esters is 3. The third-order valence-corrected chi connectivity index (χ3v) is 5.76. The van der Waals surface area contributed by atoms with E-state index in [2.05, 4.69) is 0 Å². The van der Waals surface area contributed by atoms with E-state index in [0.29, 0.717) is 0 Å². The topological polar surface area (TPSA) is 118 Å². The molecule has 0 bridgehead atoms. The van der Waals surface area contributed by atoms with E-state index in [9.17, 15) is 19.5 Å². The van der Waals surface area contributed by atoms with E-state index >= 15 is 0 Å². The lowest BCUT2D eigenvalue weighted by molar-refractivity contribution is -0.292. The second-order valence-corrected chi connectivity index (χ2v) is 8.17. The lowest BCUT2D eigenvalue weighted by Gasteiger charge is -2.43. The molecule has 0 aromatic heterocycles. The molecule has 1 fully saturated rings. The zero-order valence-electron chi connectivity index (χ0n) is 20.0. The minimum atomic E-state index is -1.37. The van der Waals surface area contributed by atoms with E-state index < -0.39 is 55.2 Å². The van der Waals surface area contributed by atoms with Crippen molar-refractivity contribution in [1.29, 1.82) is 0 Å². The number of aliphatic hydroxyl groups is 1. The number of aliphatic hydroxyl groups excluding tert-OH is 1. The van der Waals surface area contributed by atoms with Crippen molar-refractivity contribution < 1.29 is 43.2 Å². The van der Waals surface area contributed by atoms with Crippen LogP contribution in [-0.2, 0) is 23.7 Å². The fourth-order valence-electron chi connectivity index (χ4n) is 3.91. The molecule has 0 spiro atoms. The molecule has 5 atom stereocenters. The van der Waals surface area contributed by atoms with Gasteiger partial charge in [-0.3, -0.25) is 0 Å². The van der Waals surface area contributed by atoms with Crippen molar-refractivity contribution in [3.8, 4) is 0 Å². The molecule has 3 aromatic rings. The number of benzene rings is 3. The fraction of sp³-hybridized carbons (Fsp3) is 0.250. The number of ether oxygens (including phenoxy) is 5. The Labute approximate surface area is 213 Å². The molecule has 1 N–H and O–H groups in total. The lowest BCUT2D eigenvalue weighted by Crippen LogP contribution is -2.62. The summed E-state index contributed by atoms with van der Waals surface area (Å²) in [6, 6.07) is 24.5. The van der Waals surface area contributed by atoms with Crippen LogP contribution in [0.1, 0.15) is 31.1 Å². The fourth-order valence-corrected chi connectivity index (χ4v) is 3.91. The maximum absolute atomic E-state index is 13.1. The summed E-state index contributed by atoms with van der Waals surface area (Å²) in [7, 11) is 1.31. The van der Waals surface area contributed by atoms with Crippen molar-refractivity contribution in [1.82, 2.24) is 0 Å². The second-order valence-electron chi connectivity index (χ2n) is 8.17. The highest BCUT2D eigenvalue weighted by atomic mass is 16.7. The van der Waals surface area contributed by atoms with Gasteiger partial charge in [-0.15, -0.1) is 0 Å². The molecule has 0 radical (unpaired) electrons. The van der Waals surface area contributed by atoms with Crippen LogP contribution in [0, 0.1) is 0 Å². The van der Waals surface area contributed by atoms with Gasteiger partial charge in [0.05, 0.1) is 23.3 Å². The van der Waals surface area contributed by atoms with Crippen LogP contribution in [0.2, 0.25) is 0 Å². The van der Waals surface area contributed by atoms with Crippen LogP contribution in [0.15, 0.2) is 91.0 Å². The molecule has 3 aromatic carbocycles. The number of hydrogen-bond donors (Lipinski definition) is 1. The SMILES string of the molecule is CO[C@H]1OC(CO)[C@@H](OC(=O)c2ccccc2)[C@H](OC(=O)c2ccccc2)C1OC(=O)c1ccccc1. The highest BCUT2D eigenvalue weighted by Gasteiger charge is 2.52. The quantitative estimate of drug-likeness (QED) is 0.363. The summed E-state index contributed by atoms with van der Waals surface area (Å²) >= 11 is 0. The van der Waals surface area contributed by atoms with E-state index in [-0.39, 0.29) is 16.7 Å². The van der Waals surface area contributed by atoms with E-state index in [4.69, 9.17) is 23.7 Å². The molecule has 192 valence electrons. The van der Waals surface area contributed by atoms with Gasteiger partial charge in [0.2, 0.25) is 0 Å². The minimum absolute atomic E-state index is 0.227. The third kappa shape index (κ3) is 6.21. The van der Waals surface area contributed by atoms with Crippen LogP contribution >= 0.6 is 0 Å². The average Bonchev–Trinajstić information content (AvgIpc) is 2.95. The Morgan fingerprint density at radius 3 is 1.41 bits per heavy atom. The van der Waals surface area contributed by atoms with Gasteiger partial charge in [0.15, 0.2) is 24.6 Å². The molecule has 0 saturated carbocycles. The molecule has 1 aliphatic rings. The van der Waals surface area contributed by atoms with Gasteiger partial charge in [-0.05, 0) is 36.4 Å². The summed E-state index contributed by atoms with van der Waals surface area (Å²) in [6.45, 7) is -0.592. The first-order chi connectivity index (χ1) is 18.0. The van der Waals surface area contributed by atoms with Crippen LogP contribution < -0.4 is 0 Å². The van der Waals surface area contributed by atoms with E-state index in [1.165, 1.54) is 7.11 Å². The maximum atomic E-state index is 13.1. The van der Waals surface area contributed by atoms with Gasteiger partial charge >= 0.3 is 17.9 Å². The Balaban J connectivity index is 1.69. The van der Waals surface area contributed by atoms with Crippen molar-refractivity contribution in [2.24, 2.45) is 0 Å². The zero-order valence-corrected chi connectivity index (χ0v) is 20.0.